The van der Waals surface area contributed by atoms with E-state index in [0.717, 1.165) is 17.9 Å². The number of aliphatic carboxylic acids is 1. The van der Waals surface area contributed by atoms with Crippen LogP contribution in [-0.2, 0) is 4.79 Å². The van der Waals surface area contributed by atoms with Crippen molar-refractivity contribution in [2.75, 3.05) is 37.0 Å². The first kappa shape index (κ1) is 16.3. The molecule has 0 fully saturated rings. The van der Waals surface area contributed by atoms with Gasteiger partial charge < -0.3 is 14.9 Å². The maximum Gasteiger partial charge on any atom is 0.308 e. The highest BCUT2D eigenvalue weighted by molar-refractivity contribution is 5.70. The molecular weight excluding hydrogens is 252 g/mol. The van der Waals surface area contributed by atoms with Gasteiger partial charge in [0.2, 0.25) is 0 Å². The Balaban J connectivity index is 2.89. The SMILES string of the molecule is CC(C)CN(CC(C)C(=O)O)c1ccc(N(C)C)cc1. The molecule has 0 radical (unpaired) electrons. The summed E-state index contributed by atoms with van der Waals surface area (Å²) in [5.74, 6) is -0.629. The van der Waals surface area contributed by atoms with Crippen LogP contribution in [0.25, 0.3) is 0 Å². The summed E-state index contributed by atoms with van der Waals surface area (Å²) in [5, 5.41) is 9.10. The van der Waals surface area contributed by atoms with Crippen molar-refractivity contribution in [2.45, 2.75) is 20.8 Å². The van der Waals surface area contributed by atoms with Crippen LogP contribution in [0.4, 0.5) is 11.4 Å². The van der Waals surface area contributed by atoms with Crippen LogP contribution in [0.15, 0.2) is 24.3 Å². The van der Waals surface area contributed by atoms with E-state index in [4.69, 9.17) is 5.11 Å². The topological polar surface area (TPSA) is 43.8 Å². The van der Waals surface area contributed by atoms with Crippen LogP contribution in [0.5, 0.6) is 0 Å². The molecule has 0 aromatic heterocycles. The van der Waals surface area contributed by atoms with Gasteiger partial charge in [-0.2, -0.15) is 0 Å². The first-order valence-electron chi connectivity index (χ1n) is 7.06. The molecule has 112 valence electrons. The molecule has 1 N–H and O–H groups in total. The Bertz CT molecular complexity index is 427. The van der Waals surface area contributed by atoms with Gasteiger partial charge in [0.1, 0.15) is 0 Å². The van der Waals surface area contributed by atoms with Crippen molar-refractivity contribution in [1.29, 1.82) is 0 Å². The van der Waals surface area contributed by atoms with Gasteiger partial charge in [0.05, 0.1) is 5.92 Å². The van der Waals surface area contributed by atoms with E-state index in [9.17, 15) is 4.79 Å². The third-order valence-corrected chi connectivity index (χ3v) is 3.23. The van der Waals surface area contributed by atoms with E-state index in [-0.39, 0.29) is 5.92 Å². The number of rotatable bonds is 7. The second kappa shape index (κ2) is 7.17. The molecule has 0 aliphatic heterocycles. The van der Waals surface area contributed by atoms with Gasteiger partial charge in [0.15, 0.2) is 0 Å². The minimum absolute atomic E-state index is 0.373. The number of hydrogen-bond donors (Lipinski definition) is 1. The summed E-state index contributed by atoms with van der Waals surface area (Å²) in [6, 6.07) is 8.25. The minimum atomic E-state index is -0.747. The Morgan fingerprint density at radius 1 is 1.05 bits per heavy atom. The van der Waals surface area contributed by atoms with Gasteiger partial charge in [-0.05, 0) is 30.2 Å². The Labute approximate surface area is 122 Å². The highest BCUT2D eigenvalue weighted by Gasteiger charge is 2.17. The predicted molar refractivity (Wildman–Crippen MR) is 84.6 cm³/mol. The second-order valence-electron chi connectivity index (χ2n) is 5.95. The van der Waals surface area contributed by atoms with E-state index < -0.39 is 5.97 Å². The summed E-state index contributed by atoms with van der Waals surface area (Å²) < 4.78 is 0. The predicted octanol–water partition coefficient (Wildman–Crippen LogP) is 2.94. The molecule has 0 aliphatic rings. The fourth-order valence-corrected chi connectivity index (χ4v) is 2.10. The number of anilines is 2. The molecule has 1 atom stereocenters. The molecular formula is C16H26N2O2. The monoisotopic (exact) mass is 278 g/mol. The van der Waals surface area contributed by atoms with E-state index in [1.807, 2.05) is 14.1 Å². The molecule has 0 heterocycles. The van der Waals surface area contributed by atoms with Gasteiger partial charge in [-0.3, -0.25) is 4.79 Å². The molecule has 0 aliphatic carbocycles. The van der Waals surface area contributed by atoms with Crippen molar-refractivity contribution in [3.63, 3.8) is 0 Å². The van der Waals surface area contributed by atoms with Crippen LogP contribution in [-0.4, -0.2) is 38.3 Å². The van der Waals surface area contributed by atoms with Crippen molar-refractivity contribution in [3.05, 3.63) is 24.3 Å². The average molecular weight is 278 g/mol. The zero-order valence-corrected chi connectivity index (χ0v) is 13.1. The van der Waals surface area contributed by atoms with E-state index in [1.54, 1.807) is 6.92 Å². The molecule has 0 saturated heterocycles. The van der Waals surface area contributed by atoms with Crippen molar-refractivity contribution < 1.29 is 9.90 Å². The number of hydrogen-bond acceptors (Lipinski definition) is 3. The number of nitrogens with zero attached hydrogens (tertiary/aromatic N) is 2. The van der Waals surface area contributed by atoms with Crippen LogP contribution >= 0.6 is 0 Å². The van der Waals surface area contributed by atoms with Gasteiger partial charge in [-0.25, -0.2) is 0 Å². The molecule has 4 nitrogen and oxygen atoms in total. The molecule has 0 spiro atoms. The third kappa shape index (κ3) is 4.76. The summed E-state index contributed by atoms with van der Waals surface area (Å²) in [4.78, 5) is 15.3. The van der Waals surface area contributed by atoms with E-state index in [2.05, 4.69) is 47.9 Å². The molecule has 4 heteroatoms. The number of carboxylic acid groups (broad SMARTS) is 1. The first-order chi connectivity index (χ1) is 9.31. The second-order valence-corrected chi connectivity index (χ2v) is 5.95. The van der Waals surface area contributed by atoms with Gasteiger partial charge in [0, 0.05) is 38.6 Å². The Kier molecular flexibility index (Phi) is 5.86. The molecule has 1 aromatic rings. The lowest BCUT2D eigenvalue weighted by atomic mass is 10.1. The molecule has 0 saturated carbocycles. The zero-order chi connectivity index (χ0) is 15.3. The normalized spacial score (nSPS) is 12.3. The third-order valence-electron chi connectivity index (χ3n) is 3.23. The lowest BCUT2D eigenvalue weighted by Crippen LogP contribution is -2.34. The van der Waals surface area contributed by atoms with E-state index in [1.165, 1.54) is 0 Å². The molecule has 1 rings (SSSR count). The summed E-state index contributed by atoms with van der Waals surface area (Å²) in [6.07, 6.45) is 0. The molecule has 1 unspecified atom stereocenters. The van der Waals surface area contributed by atoms with Crippen LogP contribution in [0.1, 0.15) is 20.8 Å². The van der Waals surface area contributed by atoms with E-state index in [0.29, 0.717) is 12.5 Å². The maximum absolute atomic E-state index is 11.1. The van der Waals surface area contributed by atoms with Crippen molar-refractivity contribution in [2.24, 2.45) is 11.8 Å². The molecule has 20 heavy (non-hydrogen) atoms. The lowest BCUT2D eigenvalue weighted by molar-refractivity contribution is -0.140. The van der Waals surface area contributed by atoms with Crippen molar-refractivity contribution in [1.82, 2.24) is 0 Å². The van der Waals surface area contributed by atoms with Gasteiger partial charge >= 0.3 is 5.97 Å². The number of carboxylic acids is 1. The summed E-state index contributed by atoms with van der Waals surface area (Å²) in [7, 11) is 4.01. The quantitative estimate of drug-likeness (QED) is 0.833. The van der Waals surface area contributed by atoms with E-state index >= 15 is 0 Å². The largest absolute Gasteiger partial charge is 0.481 e. The average Bonchev–Trinajstić information content (AvgIpc) is 2.37. The van der Waals surface area contributed by atoms with Crippen LogP contribution in [0, 0.1) is 11.8 Å². The highest BCUT2D eigenvalue weighted by Crippen LogP contribution is 2.21. The fourth-order valence-electron chi connectivity index (χ4n) is 2.10. The van der Waals surface area contributed by atoms with Crippen LogP contribution < -0.4 is 9.80 Å². The zero-order valence-electron chi connectivity index (χ0n) is 13.1. The minimum Gasteiger partial charge on any atom is -0.481 e. The first-order valence-corrected chi connectivity index (χ1v) is 7.06. The number of carbonyl (C=O) groups is 1. The van der Waals surface area contributed by atoms with Crippen LogP contribution in [0.3, 0.4) is 0 Å². The summed E-state index contributed by atoms with van der Waals surface area (Å²) >= 11 is 0. The highest BCUT2D eigenvalue weighted by atomic mass is 16.4. The standard InChI is InChI=1S/C16H26N2O2/c1-12(2)10-18(11-13(3)16(19)20)15-8-6-14(7-9-15)17(4)5/h6-9,12-13H,10-11H2,1-5H3,(H,19,20). The molecule has 0 amide bonds. The van der Waals surface area contributed by atoms with Crippen molar-refractivity contribution in [3.8, 4) is 0 Å². The van der Waals surface area contributed by atoms with Gasteiger partial charge in [0.25, 0.3) is 0 Å². The maximum atomic E-state index is 11.1. The van der Waals surface area contributed by atoms with Gasteiger partial charge in [-0.1, -0.05) is 20.8 Å². The van der Waals surface area contributed by atoms with Crippen LogP contribution in [0.2, 0.25) is 0 Å². The Morgan fingerprint density at radius 3 is 1.95 bits per heavy atom. The summed E-state index contributed by atoms with van der Waals surface area (Å²) in [5.41, 5.74) is 2.22. The number of benzene rings is 1. The van der Waals surface area contributed by atoms with Crippen molar-refractivity contribution >= 4 is 17.3 Å². The summed E-state index contributed by atoms with van der Waals surface area (Å²) in [6.45, 7) is 7.44. The molecule has 0 bridgehead atoms. The Morgan fingerprint density at radius 2 is 1.55 bits per heavy atom. The Hall–Kier alpha value is -1.71. The lowest BCUT2D eigenvalue weighted by Gasteiger charge is -2.29. The fraction of sp³-hybridized carbons (Fsp3) is 0.562. The molecule has 1 aromatic carbocycles. The van der Waals surface area contributed by atoms with Gasteiger partial charge in [-0.15, -0.1) is 0 Å². The smallest absolute Gasteiger partial charge is 0.308 e.